The lowest BCUT2D eigenvalue weighted by molar-refractivity contribution is -0.105. The highest BCUT2D eigenvalue weighted by molar-refractivity contribution is 5.78. The minimum Gasteiger partial charge on any atom is -0.313 e. The standard InChI is InChI=1S/C13H11N3O/c17-8-16-13-11-6-5-9-3-1-2-4-10(9)12(11)14-7-15-13/h1-4,7-8H,5-6H2,(H,14,15,16,17). The number of carbonyl (C=O) groups excluding carboxylic acids is 1. The van der Waals surface area contributed by atoms with Gasteiger partial charge in [0.15, 0.2) is 0 Å². The molecule has 4 nitrogen and oxygen atoms in total. The molecular weight excluding hydrogens is 214 g/mol. The second kappa shape index (κ2) is 3.97. The monoisotopic (exact) mass is 225 g/mol. The van der Waals surface area contributed by atoms with Crippen molar-refractivity contribution in [1.82, 2.24) is 9.97 Å². The van der Waals surface area contributed by atoms with Gasteiger partial charge in [0.1, 0.15) is 12.1 Å². The van der Waals surface area contributed by atoms with Crippen molar-refractivity contribution in [3.05, 3.63) is 41.7 Å². The molecule has 1 heterocycles. The Labute approximate surface area is 98.7 Å². The number of carbonyl (C=O) groups is 1. The molecule has 0 fully saturated rings. The third kappa shape index (κ3) is 1.58. The summed E-state index contributed by atoms with van der Waals surface area (Å²) in [5.41, 5.74) is 4.41. The van der Waals surface area contributed by atoms with Crippen LogP contribution in [-0.2, 0) is 17.6 Å². The van der Waals surface area contributed by atoms with E-state index < -0.39 is 0 Å². The fourth-order valence-electron chi connectivity index (χ4n) is 2.29. The van der Waals surface area contributed by atoms with Crippen LogP contribution in [-0.4, -0.2) is 16.4 Å². The van der Waals surface area contributed by atoms with Gasteiger partial charge in [-0.1, -0.05) is 24.3 Å². The number of benzene rings is 1. The van der Waals surface area contributed by atoms with Crippen LogP contribution in [0, 0.1) is 0 Å². The predicted molar refractivity (Wildman–Crippen MR) is 64.6 cm³/mol. The largest absolute Gasteiger partial charge is 0.313 e. The highest BCUT2D eigenvalue weighted by Crippen LogP contribution is 2.33. The first-order valence-electron chi connectivity index (χ1n) is 5.52. The fourth-order valence-corrected chi connectivity index (χ4v) is 2.29. The lowest BCUT2D eigenvalue weighted by Gasteiger charge is -2.19. The molecule has 0 saturated heterocycles. The summed E-state index contributed by atoms with van der Waals surface area (Å²) in [5.74, 6) is 0.625. The van der Waals surface area contributed by atoms with Crippen LogP contribution in [0.4, 0.5) is 5.82 Å². The number of fused-ring (bicyclic) bond motifs is 3. The minimum atomic E-state index is 0.625. The van der Waals surface area contributed by atoms with E-state index >= 15 is 0 Å². The van der Waals surface area contributed by atoms with Crippen LogP contribution >= 0.6 is 0 Å². The quantitative estimate of drug-likeness (QED) is 0.793. The fraction of sp³-hybridized carbons (Fsp3) is 0.154. The molecule has 1 N–H and O–H groups in total. The van der Waals surface area contributed by atoms with Crippen molar-refractivity contribution in [1.29, 1.82) is 0 Å². The van der Waals surface area contributed by atoms with E-state index in [1.165, 1.54) is 11.9 Å². The van der Waals surface area contributed by atoms with Crippen molar-refractivity contribution in [3.8, 4) is 11.3 Å². The van der Waals surface area contributed by atoms with Crippen LogP contribution in [0.15, 0.2) is 30.6 Å². The maximum atomic E-state index is 10.5. The Hall–Kier alpha value is -2.23. The second-order valence-corrected chi connectivity index (χ2v) is 3.97. The molecular formula is C13H11N3O. The van der Waals surface area contributed by atoms with Crippen LogP contribution in [0.2, 0.25) is 0 Å². The number of anilines is 1. The molecule has 0 radical (unpaired) electrons. The molecule has 17 heavy (non-hydrogen) atoms. The van der Waals surface area contributed by atoms with E-state index in [9.17, 15) is 4.79 Å². The van der Waals surface area contributed by atoms with Gasteiger partial charge in [0, 0.05) is 11.1 Å². The summed E-state index contributed by atoms with van der Waals surface area (Å²) in [5, 5.41) is 2.63. The Morgan fingerprint density at radius 3 is 2.94 bits per heavy atom. The van der Waals surface area contributed by atoms with Crippen molar-refractivity contribution in [2.24, 2.45) is 0 Å². The number of hydrogen-bond acceptors (Lipinski definition) is 3. The van der Waals surface area contributed by atoms with Gasteiger partial charge in [-0.05, 0) is 18.4 Å². The molecule has 0 unspecified atom stereocenters. The van der Waals surface area contributed by atoms with Crippen molar-refractivity contribution < 1.29 is 4.79 Å². The third-order valence-electron chi connectivity index (χ3n) is 3.06. The normalized spacial score (nSPS) is 12.5. The molecule has 0 spiro atoms. The second-order valence-electron chi connectivity index (χ2n) is 3.97. The van der Waals surface area contributed by atoms with Gasteiger partial charge in [-0.3, -0.25) is 4.79 Å². The first-order chi connectivity index (χ1) is 8.40. The molecule has 1 aliphatic rings. The Morgan fingerprint density at radius 2 is 2.06 bits per heavy atom. The number of amides is 1. The summed E-state index contributed by atoms with van der Waals surface area (Å²) in [6.45, 7) is 0. The summed E-state index contributed by atoms with van der Waals surface area (Å²) in [6.07, 6.45) is 3.98. The highest BCUT2D eigenvalue weighted by atomic mass is 16.1. The highest BCUT2D eigenvalue weighted by Gasteiger charge is 2.19. The van der Waals surface area contributed by atoms with Gasteiger partial charge in [0.25, 0.3) is 0 Å². The van der Waals surface area contributed by atoms with E-state index in [0.29, 0.717) is 12.2 Å². The van der Waals surface area contributed by atoms with Gasteiger partial charge >= 0.3 is 0 Å². The van der Waals surface area contributed by atoms with Crippen LogP contribution in [0.5, 0.6) is 0 Å². The number of aryl methyl sites for hydroxylation is 1. The lowest BCUT2D eigenvalue weighted by Crippen LogP contribution is -2.11. The van der Waals surface area contributed by atoms with Crippen molar-refractivity contribution in [2.75, 3.05) is 5.32 Å². The number of rotatable bonds is 2. The zero-order valence-electron chi connectivity index (χ0n) is 9.18. The Bertz CT molecular complexity index is 581. The molecule has 1 aromatic heterocycles. The summed E-state index contributed by atoms with van der Waals surface area (Å²) < 4.78 is 0. The molecule has 3 rings (SSSR count). The number of aromatic nitrogens is 2. The summed E-state index contributed by atoms with van der Waals surface area (Å²) >= 11 is 0. The third-order valence-corrected chi connectivity index (χ3v) is 3.06. The Balaban J connectivity index is 2.20. The van der Waals surface area contributed by atoms with Gasteiger partial charge in [-0.2, -0.15) is 0 Å². The minimum absolute atomic E-state index is 0.625. The molecule has 1 aromatic carbocycles. The molecule has 4 heteroatoms. The number of nitrogens with zero attached hydrogens (tertiary/aromatic N) is 2. The van der Waals surface area contributed by atoms with Crippen molar-refractivity contribution in [3.63, 3.8) is 0 Å². The van der Waals surface area contributed by atoms with E-state index in [1.807, 2.05) is 12.1 Å². The SMILES string of the molecule is O=CNc1ncnc2c1CCc1ccccc1-2. The summed E-state index contributed by atoms with van der Waals surface area (Å²) in [4.78, 5) is 19.0. The maximum absolute atomic E-state index is 10.5. The van der Waals surface area contributed by atoms with Crippen LogP contribution in [0.1, 0.15) is 11.1 Å². The van der Waals surface area contributed by atoms with Gasteiger partial charge < -0.3 is 5.32 Å². The van der Waals surface area contributed by atoms with Crippen LogP contribution < -0.4 is 5.32 Å². The van der Waals surface area contributed by atoms with E-state index in [0.717, 1.165) is 29.7 Å². The summed E-state index contributed by atoms with van der Waals surface area (Å²) in [7, 11) is 0. The van der Waals surface area contributed by atoms with Crippen molar-refractivity contribution in [2.45, 2.75) is 12.8 Å². The summed E-state index contributed by atoms with van der Waals surface area (Å²) in [6, 6.07) is 8.22. The zero-order valence-corrected chi connectivity index (χ0v) is 9.18. The van der Waals surface area contributed by atoms with Gasteiger partial charge in [-0.15, -0.1) is 0 Å². The van der Waals surface area contributed by atoms with E-state index in [4.69, 9.17) is 0 Å². The zero-order chi connectivity index (χ0) is 11.7. The molecule has 2 aromatic rings. The Morgan fingerprint density at radius 1 is 1.18 bits per heavy atom. The smallest absolute Gasteiger partial charge is 0.212 e. The molecule has 0 atom stereocenters. The number of nitrogens with one attached hydrogen (secondary N) is 1. The van der Waals surface area contributed by atoms with Crippen LogP contribution in [0.25, 0.3) is 11.3 Å². The first-order valence-corrected chi connectivity index (χ1v) is 5.52. The lowest BCUT2D eigenvalue weighted by atomic mass is 9.89. The molecule has 0 bridgehead atoms. The van der Waals surface area contributed by atoms with Gasteiger partial charge in [0.2, 0.25) is 6.41 Å². The van der Waals surface area contributed by atoms with Crippen molar-refractivity contribution >= 4 is 12.2 Å². The molecule has 84 valence electrons. The van der Waals surface area contributed by atoms with E-state index in [2.05, 4.69) is 27.4 Å². The van der Waals surface area contributed by atoms with E-state index in [1.54, 1.807) is 0 Å². The Kier molecular flexibility index (Phi) is 2.33. The topological polar surface area (TPSA) is 54.9 Å². The molecule has 1 aliphatic carbocycles. The molecule has 0 aliphatic heterocycles. The first kappa shape index (κ1) is 9.96. The number of hydrogen-bond donors (Lipinski definition) is 1. The predicted octanol–water partition coefficient (Wildman–Crippen LogP) is 1.81. The van der Waals surface area contributed by atoms with Gasteiger partial charge in [-0.25, -0.2) is 9.97 Å². The van der Waals surface area contributed by atoms with Crippen LogP contribution in [0.3, 0.4) is 0 Å². The molecule has 1 amide bonds. The van der Waals surface area contributed by atoms with E-state index in [-0.39, 0.29) is 0 Å². The maximum Gasteiger partial charge on any atom is 0.212 e. The molecule has 0 saturated carbocycles. The average Bonchev–Trinajstić information content (AvgIpc) is 2.39. The van der Waals surface area contributed by atoms with Gasteiger partial charge in [0.05, 0.1) is 5.69 Å². The average molecular weight is 225 g/mol.